The van der Waals surface area contributed by atoms with Gasteiger partial charge in [0.15, 0.2) is 17.5 Å². The maximum absolute atomic E-state index is 6.08. The Morgan fingerprint density at radius 3 is 2.67 bits per heavy atom. The number of nitrogens with zero attached hydrogens (tertiary/aromatic N) is 2. The average molecular weight is 372 g/mol. The predicted octanol–water partition coefficient (Wildman–Crippen LogP) is 2.54. The molecule has 3 N–H and O–H groups in total. The minimum atomic E-state index is 0.164. The van der Waals surface area contributed by atoms with Gasteiger partial charge in [-0.1, -0.05) is 6.07 Å². The number of benzene rings is 1. The molecular weight excluding hydrogens is 344 g/mol. The number of rotatable bonds is 8. The second-order valence-corrected chi connectivity index (χ2v) is 6.55. The lowest BCUT2D eigenvalue weighted by Crippen LogP contribution is -2.40. The summed E-state index contributed by atoms with van der Waals surface area (Å²) in [6.07, 6.45) is 4.16. The van der Waals surface area contributed by atoms with Crippen LogP contribution < -0.4 is 20.5 Å². The molecule has 1 aliphatic rings. The van der Waals surface area contributed by atoms with E-state index in [0.29, 0.717) is 30.5 Å². The summed E-state index contributed by atoms with van der Waals surface area (Å²) < 4.78 is 16.2. The monoisotopic (exact) mass is 372 g/mol. The summed E-state index contributed by atoms with van der Waals surface area (Å²) in [6.45, 7) is 3.29. The first-order valence-electron chi connectivity index (χ1n) is 9.23. The van der Waals surface area contributed by atoms with E-state index in [-0.39, 0.29) is 6.04 Å². The van der Waals surface area contributed by atoms with Crippen molar-refractivity contribution in [3.8, 4) is 11.5 Å². The lowest BCUT2D eigenvalue weighted by molar-refractivity contribution is 0.215. The molecule has 0 bridgehead atoms. The van der Waals surface area contributed by atoms with Crippen LogP contribution in [0, 0.1) is 0 Å². The number of nitrogens with two attached hydrogens (primary N) is 1. The summed E-state index contributed by atoms with van der Waals surface area (Å²) in [5.41, 5.74) is 7.08. The highest BCUT2D eigenvalue weighted by atomic mass is 16.5. The third kappa shape index (κ3) is 4.95. The van der Waals surface area contributed by atoms with Gasteiger partial charge >= 0.3 is 0 Å². The smallest absolute Gasteiger partial charge is 0.188 e. The molecule has 146 valence electrons. The van der Waals surface area contributed by atoms with E-state index in [1.54, 1.807) is 20.5 Å². The lowest BCUT2D eigenvalue weighted by Gasteiger charge is -2.26. The lowest BCUT2D eigenvalue weighted by atomic mass is 10.2. The van der Waals surface area contributed by atoms with Crippen molar-refractivity contribution in [2.45, 2.75) is 25.4 Å². The molecule has 1 saturated heterocycles. The van der Waals surface area contributed by atoms with Crippen molar-refractivity contribution >= 4 is 5.96 Å². The largest absolute Gasteiger partial charge is 0.493 e. The first-order valence-corrected chi connectivity index (χ1v) is 9.23. The third-order valence-corrected chi connectivity index (χ3v) is 4.81. The van der Waals surface area contributed by atoms with Gasteiger partial charge in [0.1, 0.15) is 5.76 Å². The van der Waals surface area contributed by atoms with Crippen LogP contribution in [-0.2, 0) is 6.54 Å². The molecular formula is C20H28N4O3. The maximum Gasteiger partial charge on any atom is 0.188 e. The first kappa shape index (κ1) is 19.1. The highest BCUT2D eigenvalue weighted by Gasteiger charge is 2.25. The van der Waals surface area contributed by atoms with Gasteiger partial charge in [-0.2, -0.15) is 0 Å². The highest BCUT2D eigenvalue weighted by Crippen LogP contribution is 2.28. The van der Waals surface area contributed by atoms with Gasteiger partial charge < -0.3 is 24.9 Å². The number of guanidine groups is 1. The van der Waals surface area contributed by atoms with Gasteiger partial charge in [0.25, 0.3) is 0 Å². The normalized spacial score (nSPS) is 16.3. The van der Waals surface area contributed by atoms with E-state index in [0.717, 1.165) is 24.4 Å². The number of methoxy groups -OCH3 is 2. The zero-order valence-corrected chi connectivity index (χ0v) is 16.0. The van der Waals surface area contributed by atoms with Gasteiger partial charge in [0, 0.05) is 6.54 Å². The van der Waals surface area contributed by atoms with Crippen LogP contribution >= 0.6 is 0 Å². The second-order valence-electron chi connectivity index (χ2n) is 6.55. The Hall–Kier alpha value is -2.67. The SMILES string of the molecule is COc1ccc(CN=C(N)NCC(c2ccco2)N2CCCC2)cc1OC. The minimum Gasteiger partial charge on any atom is -0.493 e. The van der Waals surface area contributed by atoms with Crippen molar-refractivity contribution in [2.24, 2.45) is 10.7 Å². The molecule has 1 unspecified atom stereocenters. The fourth-order valence-corrected chi connectivity index (χ4v) is 3.36. The van der Waals surface area contributed by atoms with Crippen LogP contribution in [-0.4, -0.2) is 44.7 Å². The third-order valence-electron chi connectivity index (χ3n) is 4.81. The minimum absolute atomic E-state index is 0.164. The Labute approximate surface area is 160 Å². The van der Waals surface area contributed by atoms with Crippen molar-refractivity contribution in [3.63, 3.8) is 0 Å². The van der Waals surface area contributed by atoms with E-state index in [1.165, 1.54) is 12.8 Å². The molecule has 0 spiro atoms. The molecule has 7 heteroatoms. The molecule has 0 saturated carbocycles. The summed E-state index contributed by atoms with van der Waals surface area (Å²) in [6, 6.07) is 9.83. The van der Waals surface area contributed by atoms with Crippen LogP contribution in [0.15, 0.2) is 46.0 Å². The molecule has 27 heavy (non-hydrogen) atoms. The molecule has 1 aromatic heterocycles. The summed E-state index contributed by atoms with van der Waals surface area (Å²) in [4.78, 5) is 6.87. The molecule has 1 aliphatic heterocycles. The Morgan fingerprint density at radius 2 is 2.00 bits per heavy atom. The van der Waals surface area contributed by atoms with Crippen LogP contribution in [0.4, 0.5) is 0 Å². The zero-order chi connectivity index (χ0) is 19.1. The molecule has 3 rings (SSSR count). The molecule has 2 heterocycles. The predicted molar refractivity (Wildman–Crippen MR) is 105 cm³/mol. The standard InChI is InChI=1S/C20H28N4O3/c1-25-18-8-7-15(12-19(18)26-2)13-22-20(21)23-14-16(17-6-5-11-27-17)24-9-3-4-10-24/h5-8,11-12,16H,3-4,9-10,13-14H2,1-2H3,(H3,21,22,23). The van der Waals surface area contributed by atoms with E-state index in [2.05, 4.69) is 15.2 Å². The average Bonchev–Trinajstić information content (AvgIpc) is 3.41. The number of hydrogen-bond acceptors (Lipinski definition) is 5. The molecule has 0 radical (unpaired) electrons. The Bertz CT molecular complexity index is 740. The van der Waals surface area contributed by atoms with Crippen LogP contribution in [0.3, 0.4) is 0 Å². The molecule has 0 aliphatic carbocycles. The number of hydrogen-bond donors (Lipinski definition) is 2. The number of nitrogens with one attached hydrogen (secondary N) is 1. The van der Waals surface area contributed by atoms with Crippen LogP contribution in [0.1, 0.15) is 30.2 Å². The Balaban J connectivity index is 1.59. The maximum atomic E-state index is 6.08. The zero-order valence-electron chi connectivity index (χ0n) is 16.0. The summed E-state index contributed by atoms with van der Waals surface area (Å²) in [5, 5.41) is 3.24. The fourth-order valence-electron chi connectivity index (χ4n) is 3.36. The second kappa shape index (κ2) is 9.32. The van der Waals surface area contributed by atoms with Crippen LogP contribution in [0.5, 0.6) is 11.5 Å². The van der Waals surface area contributed by atoms with Crippen molar-refractivity contribution in [2.75, 3.05) is 33.9 Å². The Kier molecular flexibility index (Phi) is 6.59. The number of aliphatic imine (C=N–C) groups is 1. The van der Waals surface area contributed by atoms with E-state index in [4.69, 9.17) is 19.6 Å². The quantitative estimate of drug-likeness (QED) is 0.547. The summed E-state index contributed by atoms with van der Waals surface area (Å²) >= 11 is 0. The number of furan rings is 1. The van der Waals surface area contributed by atoms with Gasteiger partial charge in [0.05, 0.1) is 33.1 Å². The van der Waals surface area contributed by atoms with E-state index >= 15 is 0 Å². The number of likely N-dealkylation sites (tertiary alicyclic amines) is 1. The van der Waals surface area contributed by atoms with Gasteiger partial charge in [-0.3, -0.25) is 4.90 Å². The fraction of sp³-hybridized carbons (Fsp3) is 0.450. The van der Waals surface area contributed by atoms with Crippen molar-refractivity contribution in [3.05, 3.63) is 47.9 Å². The van der Waals surface area contributed by atoms with Gasteiger partial charge in [-0.25, -0.2) is 4.99 Å². The van der Waals surface area contributed by atoms with Crippen LogP contribution in [0.25, 0.3) is 0 Å². The van der Waals surface area contributed by atoms with E-state index in [9.17, 15) is 0 Å². The van der Waals surface area contributed by atoms with Crippen molar-refractivity contribution in [1.82, 2.24) is 10.2 Å². The van der Waals surface area contributed by atoms with Gasteiger partial charge in [-0.05, 0) is 55.8 Å². The molecule has 1 atom stereocenters. The molecule has 1 fully saturated rings. The van der Waals surface area contributed by atoms with Crippen molar-refractivity contribution in [1.29, 1.82) is 0 Å². The van der Waals surface area contributed by atoms with Crippen LogP contribution in [0.2, 0.25) is 0 Å². The van der Waals surface area contributed by atoms with Gasteiger partial charge in [-0.15, -0.1) is 0 Å². The Morgan fingerprint density at radius 1 is 1.22 bits per heavy atom. The molecule has 7 nitrogen and oxygen atoms in total. The molecule has 1 aromatic carbocycles. The first-order chi connectivity index (χ1) is 13.2. The number of ether oxygens (including phenoxy) is 2. The summed E-state index contributed by atoms with van der Waals surface area (Å²) in [5.74, 6) is 2.75. The van der Waals surface area contributed by atoms with Crippen molar-refractivity contribution < 1.29 is 13.9 Å². The molecule has 0 amide bonds. The van der Waals surface area contributed by atoms with E-state index < -0.39 is 0 Å². The molecule has 2 aromatic rings. The topological polar surface area (TPSA) is 85.2 Å². The van der Waals surface area contributed by atoms with Gasteiger partial charge in [0.2, 0.25) is 0 Å². The van der Waals surface area contributed by atoms with E-state index in [1.807, 2.05) is 30.3 Å². The summed E-state index contributed by atoms with van der Waals surface area (Å²) in [7, 11) is 3.24. The highest BCUT2D eigenvalue weighted by molar-refractivity contribution is 5.77.